The van der Waals surface area contributed by atoms with Gasteiger partial charge in [0.2, 0.25) is 5.75 Å². The molecule has 1 heterocycles. The van der Waals surface area contributed by atoms with E-state index in [1.54, 1.807) is 0 Å². The molecule has 0 fully saturated rings. The fourth-order valence-corrected chi connectivity index (χ4v) is 2.71. The molecule has 0 spiro atoms. The summed E-state index contributed by atoms with van der Waals surface area (Å²) in [5.41, 5.74) is 0.204. The minimum Gasteiger partial charge on any atom is -0.493 e. The zero-order valence-electron chi connectivity index (χ0n) is 15.5. The molecule has 8 nitrogen and oxygen atoms in total. The SMILES string of the molecule is COc1cc(C2NC(=O)NC(C)=C2C(=O)OCC(F)(F)F)cc(OC)c1OC. The molecule has 1 atom stereocenters. The molecule has 0 aliphatic carbocycles. The Bertz CT molecular complexity index is 782. The van der Waals surface area contributed by atoms with E-state index in [0.29, 0.717) is 5.56 Å². The summed E-state index contributed by atoms with van der Waals surface area (Å²) in [7, 11) is 4.15. The molecule has 1 unspecified atom stereocenters. The number of hydrogen-bond acceptors (Lipinski definition) is 6. The minimum absolute atomic E-state index is 0.0645. The number of esters is 1. The molecule has 2 N–H and O–H groups in total. The summed E-state index contributed by atoms with van der Waals surface area (Å²) in [5.74, 6) is -0.465. The molecule has 28 heavy (non-hydrogen) atoms. The van der Waals surface area contributed by atoms with Gasteiger partial charge in [-0.15, -0.1) is 0 Å². The minimum atomic E-state index is -4.68. The number of rotatable bonds is 6. The smallest absolute Gasteiger partial charge is 0.422 e. The molecule has 0 radical (unpaired) electrons. The van der Waals surface area contributed by atoms with Gasteiger partial charge < -0.3 is 29.6 Å². The van der Waals surface area contributed by atoms with Crippen molar-refractivity contribution in [1.29, 1.82) is 0 Å². The number of methoxy groups -OCH3 is 3. The maximum atomic E-state index is 12.4. The van der Waals surface area contributed by atoms with Crippen LogP contribution in [-0.4, -0.2) is 46.1 Å². The number of amides is 2. The molecular weight excluding hydrogens is 385 g/mol. The first-order chi connectivity index (χ1) is 13.1. The average Bonchev–Trinajstić information content (AvgIpc) is 2.63. The molecular formula is C17H19F3N2O6. The average molecular weight is 404 g/mol. The third-order valence-corrected chi connectivity index (χ3v) is 3.88. The van der Waals surface area contributed by atoms with Gasteiger partial charge in [-0.3, -0.25) is 0 Å². The van der Waals surface area contributed by atoms with E-state index in [1.165, 1.54) is 40.4 Å². The highest BCUT2D eigenvalue weighted by atomic mass is 19.4. The number of carbonyl (C=O) groups excluding carboxylic acids is 2. The summed E-state index contributed by atoms with van der Waals surface area (Å²) in [4.78, 5) is 24.2. The fraction of sp³-hybridized carbons (Fsp3) is 0.412. The largest absolute Gasteiger partial charge is 0.493 e. The lowest BCUT2D eigenvalue weighted by molar-refractivity contribution is -0.183. The second-order valence-electron chi connectivity index (χ2n) is 5.72. The molecule has 1 aliphatic rings. The van der Waals surface area contributed by atoms with Gasteiger partial charge in [-0.25, -0.2) is 9.59 Å². The van der Waals surface area contributed by atoms with Gasteiger partial charge in [0.1, 0.15) is 0 Å². The van der Waals surface area contributed by atoms with E-state index in [9.17, 15) is 22.8 Å². The standard InChI is InChI=1S/C17H19F3N2O6/c1-8-12(15(23)28-7-17(18,19)20)13(22-16(24)21-8)9-5-10(25-2)14(27-4)11(6-9)26-3/h5-6,13H,7H2,1-4H3,(H2,21,22,24). The summed E-state index contributed by atoms with van der Waals surface area (Å²) in [6.45, 7) is -0.369. The number of allylic oxidation sites excluding steroid dienone is 1. The number of halogens is 3. The highest BCUT2D eigenvalue weighted by molar-refractivity contribution is 5.95. The van der Waals surface area contributed by atoms with Crippen LogP contribution >= 0.6 is 0 Å². The van der Waals surface area contributed by atoms with Crippen molar-refractivity contribution in [2.24, 2.45) is 0 Å². The van der Waals surface area contributed by atoms with Crippen molar-refractivity contribution >= 4 is 12.0 Å². The molecule has 11 heteroatoms. The molecule has 0 saturated heterocycles. The first kappa shape index (κ1) is 21.2. The van der Waals surface area contributed by atoms with Crippen molar-refractivity contribution in [3.05, 3.63) is 29.0 Å². The Morgan fingerprint density at radius 2 is 1.68 bits per heavy atom. The lowest BCUT2D eigenvalue weighted by Gasteiger charge is -2.29. The van der Waals surface area contributed by atoms with Crippen molar-refractivity contribution in [3.63, 3.8) is 0 Å². The lowest BCUT2D eigenvalue weighted by atomic mass is 9.95. The zero-order valence-corrected chi connectivity index (χ0v) is 15.5. The van der Waals surface area contributed by atoms with Crippen LogP contribution in [0.15, 0.2) is 23.4 Å². The van der Waals surface area contributed by atoms with E-state index in [4.69, 9.17) is 14.2 Å². The number of nitrogens with one attached hydrogen (secondary N) is 2. The van der Waals surface area contributed by atoms with Gasteiger partial charge >= 0.3 is 18.2 Å². The van der Waals surface area contributed by atoms with E-state index in [2.05, 4.69) is 15.4 Å². The van der Waals surface area contributed by atoms with Crippen LogP contribution in [0.4, 0.5) is 18.0 Å². The Hall–Kier alpha value is -3.11. The molecule has 1 aromatic carbocycles. The Morgan fingerprint density at radius 3 is 2.14 bits per heavy atom. The molecule has 0 aromatic heterocycles. The van der Waals surface area contributed by atoms with E-state index >= 15 is 0 Å². The summed E-state index contributed by atoms with van der Waals surface area (Å²) >= 11 is 0. The van der Waals surface area contributed by atoms with Gasteiger partial charge in [0, 0.05) is 5.70 Å². The van der Waals surface area contributed by atoms with Crippen LogP contribution in [0.3, 0.4) is 0 Å². The van der Waals surface area contributed by atoms with Crippen molar-refractivity contribution in [2.45, 2.75) is 19.1 Å². The van der Waals surface area contributed by atoms with Crippen LogP contribution < -0.4 is 24.8 Å². The maximum Gasteiger partial charge on any atom is 0.422 e. The molecule has 154 valence electrons. The van der Waals surface area contributed by atoms with Crippen LogP contribution in [0.2, 0.25) is 0 Å². The second kappa shape index (κ2) is 8.28. The molecule has 0 saturated carbocycles. The summed E-state index contributed by atoms with van der Waals surface area (Å²) in [6.07, 6.45) is -4.68. The van der Waals surface area contributed by atoms with Gasteiger partial charge in [0.15, 0.2) is 18.1 Å². The Labute approximate surface area is 158 Å². The number of ether oxygens (including phenoxy) is 4. The van der Waals surface area contributed by atoms with Gasteiger partial charge in [-0.2, -0.15) is 13.2 Å². The van der Waals surface area contributed by atoms with Gasteiger partial charge in [0.05, 0.1) is 32.9 Å². The fourth-order valence-electron chi connectivity index (χ4n) is 2.71. The highest BCUT2D eigenvalue weighted by Crippen LogP contribution is 2.41. The van der Waals surface area contributed by atoms with Gasteiger partial charge in [0.25, 0.3) is 0 Å². The van der Waals surface area contributed by atoms with Crippen LogP contribution in [0.5, 0.6) is 17.2 Å². The highest BCUT2D eigenvalue weighted by Gasteiger charge is 2.36. The predicted octanol–water partition coefficient (Wildman–Crippen LogP) is 2.45. The van der Waals surface area contributed by atoms with E-state index < -0.39 is 30.8 Å². The molecule has 0 bridgehead atoms. The van der Waals surface area contributed by atoms with Gasteiger partial charge in [-0.05, 0) is 24.6 Å². The first-order valence-corrected chi connectivity index (χ1v) is 7.93. The second-order valence-corrected chi connectivity index (χ2v) is 5.72. The van der Waals surface area contributed by atoms with E-state index in [0.717, 1.165) is 0 Å². The normalized spacial score (nSPS) is 16.8. The van der Waals surface area contributed by atoms with Crippen molar-refractivity contribution in [1.82, 2.24) is 10.6 Å². The first-order valence-electron chi connectivity index (χ1n) is 7.93. The van der Waals surface area contributed by atoms with Crippen LogP contribution in [0, 0.1) is 0 Å². The van der Waals surface area contributed by atoms with Crippen LogP contribution in [-0.2, 0) is 9.53 Å². The number of benzene rings is 1. The van der Waals surface area contributed by atoms with Crippen molar-refractivity contribution in [3.8, 4) is 17.2 Å². The van der Waals surface area contributed by atoms with Crippen LogP contribution in [0.1, 0.15) is 18.5 Å². The maximum absolute atomic E-state index is 12.4. The Morgan fingerprint density at radius 1 is 1.11 bits per heavy atom. The number of alkyl halides is 3. The Kier molecular flexibility index (Phi) is 6.26. The number of urea groups is 1. The zero-order chi connectivity index (χ0) is 21.1. The van der Waals surface area contributed by atoms with Crippen LogP contribution in [0.25, 0.3) is 0 Å². The Balaban J connectivity index is 2.50. The monoisotopic (exact) mass is 404 g/mol. The molecule has 2 rings (SSSR count). The third-order valence-electron chi connectivity index (χ3n) is 3.88. The summed E-state index contributed by atoms with van der Waals surface area (Å²) < 4.78 is 57.3. The topological polar surface area (TPSA) is 95.1 Å². The third kappa shape index (κ3) is 4.59. The van der Waals surface area contributed by atoms with Gasteiger partial charge in [-0.1, -0.05) is 0 Å². The van der Waals surface area contributed by atoms with Crippen molar-refractivity contribution in [2.75, 3.05) is 27.9 Å². The molecule has 2 amide bonds. The van der Waals surface area contributed by atoms with Crippen molar-refractivity contribution < 1.29 is 41.7 Å². The predicted molar refractivity (Wildman–Crippen MR) is 90.2 cm³/mol. The lowest BCUT2D eigenvalue weighted by Crippen LogP contribution is -2.45. The quantitative estimate of drug-likeness (QED) is 0.708. The summed E-state index contributed by atoms with van der Waals surface area (Å²) in [6, 6.07) is 1.22. The van der Waals surface area contributed by atoms with E-state index in [1.807, 2.05) is 0 Å². The molecule has 1 aromatic rings. The number of carbonyl (C=O) groups is 2. The molecule has 1 aliphatic heterocycles. The van der Waals surface area contributed by atoms with E-state index in [-0.39, 0.29) is 28.5 Å². The summed E-state index contributed by atoms with van der Waals surface area (Å²) in [5, 5.41) is 4.84. The number of hydrogen-bond donors (Lipinski definition) is 2.